The van der Waals surface area contributed by atoms with Crippen LogP contribution in [-0.4, -0.2) is 95.4 Å². The molecule has 3 aliphatic rings. The Morgan fingerprint density at radius 3 is 2.61 bits per heavy atom. The summed E-state index contributed by atoms with van der Waals surface area (Å²) in [4.78, 5) is 32.6. The molecule has 3 fully saturated rings. The summed E-state index contributed by atoms with van der Waals surface area (Å²) in [5.41, 5.74) is 0.740. The highest BCUT2D eigenvalue weighted by Gasteiger charge is 2.44. The number of aromatic nitrogens is 3. The summed E-state index contributed by atoms with van der Waals surface area (Å²) in [6, 6.07) is 11.1. The molecule has 4 heterocycles. The minimum atomic E-state index is -0.583. The molecule has 2 amide bonds. The monoisotopic (exact) mass is 599 g/mol. The molecule has 2 aliphatic heterocycles. The van der Waals surface area contributed by atoms with Crippen molar-refractivity contribution in [2.24, 2.45) is 11.8 Å². The van der Waals surface area contributed by atoms with E-state index in [1.54, 1.807) is 37.3 Å². The van der Waals surface area contributed by atoms with Crippen molar-refractivity contribution in [3.8, 4) is 23.0 Å². The lowest BCUT2D eigenvalue weighted by Gasteiger charge is -2.39. The van der Waals surface area contributed by atoms with Crippen molar-refractivity contribution in [1.29, 1.82) is 0 Å². The maximum atomic E-state index is 16.6. The number of rotatable bonds is 6. The summed E-state index contributed by atoms with van der Waals surface area (Å²) >= 11 is 0. The second-order valence-corrected chi connectivity index (χ2v) is 12.7. The Kier molecular flexibility index (Phi) is 7.36. The molecule has 2 aromatic carbocycles. The third kappa shape index (κ3) is 5.12. The van der Waals surface area contributed by atoms with E-state index in [2.05, 4.69) is 32.1 Å². The van der Waals surface area contributed by atoms with Crippen molar-refractivity contribution < 1.29 is 19.0 Å². The number of likely N-dealkylation sites (tertiary alicyclic amines) is 1. The molecule has 0 radical (unpaired) electrons. The molecular weight excluding hydrogens is 561 g/mol. The number of nitrogens with zero attached hydrogens (tertiary/aromatic N) is 6. The fraction of sp³-hybridized carbons (Fsp3) is 0.455. The van der Waals surface area contributed by atoms with Crippen molar-refractivity contribution in [1.82, 2.24) is 30.1 Å². The van der Waals surface area contributed by atoms with Gasteiger partial charge in [0.2, 0.25) is 0 Å². The van der Waals surface area contributed by atoms with Crippen molar-refractivity contribution >= 4 is 33.5 Å². The second kappa shape index (κ2) is 11.4. The van der Waals surface area contributed by atoms with Crippen molar-refractivity contribution in [3.63, 3.8) is 0 Å². The van der Waals surface area contributed by atoms with Gasteiger partial charge in [-0.25, -0.2) is 9.18 Å². The molecule has 2 N–H and O–H groups in total. The van der Waals surface area contributed by atoms with Gasteiger partial charge in [-0.15, -0.1) is 0 Å². The molecule has 2 aromatic heterocycles. The van der Waals surface area contributed by atoms with Crippen molar-refractivity contribution in [2.45, 2.75) is 37.8 Å². The molecule has 11 heteroatoms. The average Bonchev–Trinajstić information content (AvgIpc) is 3.52. The average molecular weight is 600 g/mol. The largest absolute Gasteiger partial charge is 0.508 e. The van der Waals surface area contributed by atoms with Crippen molar-refractivity contribution in [2.75, 3.05) is 52.3 Å². The van der Waals surface area contributed by atoms with E-state index in [1.165, 1.54) is 0 Å². The molecule has 0 spiro atoms. The number of anilines is 1. The van der Waals surface area contributed by atoms with Crippen LogP contribution in [0.3, 0.4) is 0 Å². The first-order valence-electron chi connectivity index (χ1n) is 15.4. The number of carbonyl (C=O) groups is 1. The smallest absolute Gasteiger partial charge is 0.319 e. The lowest BCUT2D eigenvalue weighted by molar-refractivity contribution is 0.188. The number of urea groups is 1. The van der Waals surface area contributed by atoms with Gasteiger partial charge in [-0.05, 0) is 74.0 Å². The number of phenols is 1. The number of ether oxygens (including phenoxy) is 1. The van der Waals surface area contributed by atoms with Crippen LogP contribution in [-0.2, 0) is 0 Å². The molecule has 4 aromatic rings. The first kappa shape index (κ1) is 28.5. The first-order valence-corrected chi connectivity index (χ1v) is 15.4. The summed E-state index contributed by atoms with van der Waals surface area (Å²) in [5.74, 6) is 0.538. The number of aromatic hydroxyl groups is 1. The highest BCUT2D eigenvalue weighted by molar-refractivity contribution is 5.99. The topological polar surface area (TPSA) is 107 Å². The lowest BCUT2D eigenvalue weighted by atomic mass is 9.92. The van der Waals surface area contributed by atoms with Crippen LogP contribution in [0.4, 0.5) is 15.0 Å². The fourth-order valence-electron chi connectivity index (χ4n) is 7.27. The Morgan fingerprint density at radius 1 is 1.11 bits per heavy atom. The van der Waals surface area contributed by atoms with Gasteiger partial charge in [0.1, 0.15) is 29.4 Å². The predicted molar refractivity (Wildman–Crippen MR) is 167 cm³/mol. The van der Waals surface area contributed by atoms with Gasteiger partial charge in [0.05, 0.1) is 5.39 Å². The number of benzene rings is 2. The number of likely N-dealkylation sites (N-methyl/N-ethyl adjacent to an activating group) is 1. The highest BCUT2D eigenvalue weighted by Crippen LogP contribution is 2.41. The third-order valence-corrected chi connectivity index (χ3v) is 9.65. The number of carbonyl (C=O) groups excluding carboxylic acids is 1. The molecule has 230 valence electrons. The van der Waals surface area contributed by atoms with Gasteiger partial charge >= 0.3 is 12.0 Å². The quantitative estimate of drug-likeness (QED) is 0.330. The summed E-state index contributed by atoms with van der Waals surface area (Å²) in [6.45, 7) is 2.78. The highest BCUT2D eigenvalue weighted by atomic mass is 19.1. The fourth-order valence-corrected chi connectivity index (χ4v) is 7.27. The SMILES string of the molecule is CN(C)C(=O)NC1[C@@H]2CC[C@H]1CN(c1nc(OC[C@@H]3CCCN3C)nc3c(F)c(-c4cc(O)cc5ccccc45)ncc13)C2. The summed E-state index contributed by atoms with van der Waals surface area (Å²) in [5, 5.41) is 15.8. The molecule has 10 nitrogen and oxygen atoms in total. The Bertz CT molecular complexity index is 1720. The van der Waals surface area contributed by atoms with E-state index < -0.39 is 5.82 Å². The van der Waals surface area contributed by atoms with Crippen LogP contribution >= 0.6 is 0 Å². The normalized spacial score (nSPS) is 23.4. The number of nitrogens with one attached hydrogen (secondary N) is 1. The summed E-state index contributed by atoms with van der Waals surface area (Å²) in [7, 11) is 5.58. The number of phenolic OH excluding ortho intramolecular Hbond substituents is 1. The maximum absolute atomic E-state index is 16.6. The Balaban J connectivity index is 1.29. The Hall–Kier alpha value is -4.25. The molecule has 1 unspecified atom stereocenters. The second-order valence-electron chi connectivity index (χ2n) is 12.7. The van der Waals surface area contributed by atoms with E-state index in [1.807, 2.05) is 24.3 Å². The van der Waals surface area contributed by atoms with Gasteiger partial charge in [0, 0.05) is 51.0 Å². The number of pyridine rings is 1. The van der Waals surface area contributed by atoms with Gasteiger partial charge < -0.3 is 29.9 Å². The minimum Gasteiger partial charge on any atom is -0.508 e. The zero-order valence-electron chi connectivity index (χ0n) is 25.3. The standard InChI is InChI=1S/C33H38FN7O3/c1-39(2)33(43)37-28-20-10-11-21(28)17-41(16-20)31-26-15-35-29(25-14-23(42)13-19-7-4-5-9-24(19)25)27(34)30(26)36-32(38-31)44-18-22-8-6-12-40(22)3/h4-5,7,9,13-15,20-22,28,42H,6,8,10-12,16-18H2,1-3H3,(H,37,43)/t20-,21+,22-,28?/m0/s1. The van der Waals surface area contributed by atoms with Gasteiger partial charge in [0.15, 0.2) is 5.82 Å². The van der Waals surface area contributed by atoms with Gasteiger partial charge in [-0.3, -0.25) is 4.98 Å². The van der Waals surface area contributed by atoms with E-state index in [4.69, 9.17) is 9.72 Å². The van der Waals surface area contributed by atoms with Crippen LogP contribution in [0, 0.1) is 17.7 Å². The molecule has 2 bridgehead atoms. The number of hydrogen-bond donors (Lipinski definition) is 2. The van der Waals surface area contributed by atoms with E-state index in [-0.39, 0.29) is 52.9 Å². The number of amides is 2. The number of halogens is 1. The summed E-state index contributed by atoms with van der Waals surface area (Å²) < 4.78 is 22.8. The number of piperidine rings is 1. The first-order chi connectivity index (χ1) is 21.3. The Morgan fingerprint density at radius 2 is 1.89 bits per heavy atom. The zero-order valence-corrected chi connectivity index (χ0v) is 25.3. The van der Waals surface area contributed by atoms with Crippen LogP contribution in [0.25, 0.3) is 32.9 Å². The van der Waals surface area contributed by atoms with Crippen LogP contribution in [0.1, 0.15) is 25.7 Å². The maximum Gasteiger partial charge on any atom is 0.319 e. The molecule has 7 rings (SSSR count). The number of hydrogen-bond acceptors (Lipinski definition) is 8. The summed E-state index contributed by atoms with van der Waals surface area (Å²) in [6.07, 6.45) is 5.78. The minimum absolute atomic E-state index is 0.0350. The van der Waals surface area contributed by atoms with E-state index >= 15 is 4.39 Å². The third-order valence-electron chi connectivity index (χ3n) is 9.65. The molecule has 4 atom stereocenters. The molecule has 2 saturated heterocycles. The van der Waals surface area contributed by atoms with Crippen LogP contribution in [0.2, 0.25) is 0 Å². The van der Waals surface area contributed by atoms with Gasteiger partial charge in [0.25, 0.3) is 0 Å². The molecule has 44 heavy (non-hydrogen) atoms. The number of fused-ring (bicyclic) bond motifs is 4. The predicted octanol–water partition coefficient (Wildman–Crippen LogP) is 4.65. The van der Waals surface area contributed by atoms with Crippen LogP contribution < -0.4 is 15.0 Å². The van der Waals surface area contributed by atoms with E-state index in [9.17, 15) is 9.90 Å². The zero-order chi connectivity index (χ0) is 30.5. The van der Waals surface area contributed by atoms with Crippen LogP contribution in [0.15, 0.2) is 42.6 Å². The van der Waals surface area contributed by atoms with E-state index in [0.29, 0.717) is 36.5 Å². The molecular formula is C33H38FN7O3. The molecule has 1 aliphatic carbocycles. The van der Waals surface area contributed by atoms with Crippen LogP contribution in [0.5, 0.6) is 11.8 Å². The van der Waals surface area contributed by atoms with Gasteiger partial charge in [-0.2, -0.15) is 9.97 Å². The Labute approximate surface area is 255 Å². The lowest BCUT2D eigenvalue weighted by Crippen LogP contribution is -2.54. The van der Waals surface area contributed by atoms with Gasteiger partial charge in [-0.1, -0.05) is 24.3 Å². The van der Waals surface area contributed by atoms with Crippen molar-refractivity contribution in [3.05, 3.63) is 48.4 Å². The van der Waals surface area contributed by atoms with E-state index in [0.717, 1.165) is 43.0 Å². The molecule has 1 saturated carbocycles.